The fourth-order valence-electron chi connectivity index (χ4n) is 3.64. The maximum Gasteiger partial charge on any atom is 0.417 e. The van der Waals surface area contributed by atoms with Crippen LogP contribution < -0.4 is 16.0 Å². The first-order valence-corrected chi connectivity index (χ1v) is 8.94. The lowest BCUT2D eigenvalue weighted by Gasteiger charge is -2.37. The smallest absolute Gasteiger partial charge is 0.342 e. The third-order valence-electron chi connectivity index (χ3n) is 4.92. The quantitative estimate of drug-likeness (QED) is 0.739. The van der Waals surface area contributed by atoms with Gasteiger partial charge in [0.1, 0.15) is 6.04 Å². The molecule has 26 heavy (non-hydrogen) atoms. The van der Waals surface area contributed by atoms with Crippen molar-refractivity contribution >= 4 is 29.1 Å². The van der Waals surface area contributed by atoms with E-state index >= 15 is 0 Å². The number of rotatable bonds is 3. The second-order valence-electron chi connectivity index (χ2n) is 6.81. The van der Waals surface area contributed by atoms with Gasteiger partial charge in [-0.05, 0) is 31.0 Å². The van der Waals surface area contributed by atoms with Crippen molar-refractivity contribution in [3.05, 3.63) is 28.8 Å². The second kappa shape index (κ2) is 7.44. The molecule has 1 aliphatic heterocycles. The molecule has 1 aromatic rings. The zero-order chi connectivity index (χ0) is 18.9. The lowest BCUT2D eigenvalue weighted by molar-refractivity contribution is -0.718. The Hall–Kier alpha value is -1.80. The van der Waals surface area contributed by atoms with Crippen molar-refractivity contribution in [3.63, 3.8) is 0 Å². The van der Waals surface area contributed by atoms with Gasteiger partial charge in [-0.1, -0.05) is 18.0 Å². The molecule has 3 atom stereocenters. The van der Waals surface area contributed by atoms with Crippen LogP contribution in [0.25, 0.3) is 0 Å². The predicted octanol–water partition coefficient (Wildman–Crippen LogP) is 2.06. The highest BCUT2D eigenvalue weighted by molar-refractivity contribution is 6.31. The summed E-state index contributed by atoms with van der Waals surface area (Å²) in [6, 6.07) is 3.02. The van der Waals surface area contributed by atoms with E-state index in [0.717, 1.165) is 37.8 Å². The Labute approximate surface area is 153 Å². The van der Waals surface area contributed by atoms with Crippen LogP contribution in [0.15, 0.2) is 18.2 Å². The zero-order valence-electron chi connectivity index (χ0n) is 13.9. The third-order valence-corrected chi connectivity index (χ3v) is 5.25. The summed E-state index contributed by atoms with van der Waals surface area (Å²) in [4.78, 5) is 24.4. The SMILES string of the molecule is O=C(C[C@@H]1[NH2+][C@@H]2CCCC[C@@H]2NC1=O)Nc1ccc(Cl)c(C(F)(F)F)c1. The summed E-state index contributed by atoms with van der Waals surface area (Å²) in [5.74, 6) is -0.707. The van der Waals surface area contributed by atoms with Gasteiger partial charge in [-0.15, -0.1) is 0 Å². The summed E-state index contributed by atoms with van der Waals surface area (Å²) in [5.41, 5.74) is -1.01. The molecular weight excluding hydrogens is 371 g/mol. The van der Waals surface area contributed by atoms with E-state index < -0.39 is 28.7 Å². The van der Waals surface area contributed by atoms with E-state index in [2.05, 4.69) is 10.6 Å². The Morgan fingerprint density at radius 3 is 2.77 bits per heavy atom. The Balaban J connectivity index is 1.63. The molecule has 2 fully saturated rings. The molecule has 1 saturated carbocycles. The Kier molecular flexibility index (Phi) is 5.43. The maximum absolute atomic E-state index is 12.9. The van der Waals surface area contributed by atoms with Gasteiger partial charge >= 0.3 is 6.18 Å². The van der Waals surface area contributed by atoms with Crippen LogP contribution in [0.1, 0.15) is 37.7 Å². The minimum atomic E-state index is -4.61. The van der Waals surface area contributed by atoms with Gasteiger partial charge in [0.2, 0.25) is 5.91 Å². The Morgan fingerprint density at radius 2 is 2.04 bits per heavy atom. The number of quaternary nitrogens is 1. The minimum absolute atomic E-state index is 0.00140. The monoisotopic (exact) mass is 390 g/mol. The van der Waals surface area contributed by atoms with Crippen LogP contribution in [0.3, 0.4) is 0 Å². The van der Waals surface area contributed by atoms with Crippen molar-refractivity contribution in [2.24, 2.45) is 0 Å². The van der Waals surface area contributed by atoms with Crippen LogP contribution in [0, 0.1) is 0 Å². The van der Waals surface area contributed by atoms with E-state index in [1.54, 1.807) is 0 Å². The van der Waals surface area contributed by atoms with Gasteiger partial charge in [0.05, 0.1) is 23.0 Å². The van der Waals surface area contributed by atoms with Gasteiger partial charge in [-0.2, -0.15) is 13.2 Å². The summed E-state index contributed by atoms with van der Waals surface area (Å²) in [6.07, 6.45) is -0.605. The summed E-state index contributed by atoms with van der Waals surface area (Å²) >= 11 is 5.57. The normalized spacial score (nSPS) is 26.0. The first kappa shape index (κ1) is 19.0. The number of carbonyl (C=O) groups is 2. The number of carbonyl (C=O) groups excluding carboxylic acids is 2. The molecule has 0 unspecified atom stereocenters. The van der Waals surface area contributed by atoms with E-state index in [0.29, 0.717) is 0 Å². The van der Waals surface area contributed by atoms with Crippen molar-refractivity contribution < 1.29 is 28.1 Å². The third kappa shape index (κ3) is 4.29. The average molecular weight is 391 g/mol. The molecule has 1 saturated heterocycles. The van der Waals surface area contributed by atoms with Gasteiger partial charge in [-0.3, -0.25) is 9.59 Å². The second-order valence-corrected chi connectivity index (χ2v) is 7.21. The topological polar surface area (TPSA) is 74.8 Å². The minimum Gasteiger partial charge on any atom is -0.342 e. The van der Waals surface area contributed by atoms with E-state index in [1.165, 1.54) is 6.07 Å². The zero-order valence-corrected chi connectivity index (χ0v) is 14.7. The average Bonchev–Trinajstić information content (AvgIpc) is 2.56. The number of halogens is 4. The van der Waals surface area contributed by atoms with Gasteiger partial charge in [0, 0.05) is 12.1 Å². The number of benzene rings is 1. The molecule has 1 aromatic carbocycles. The van der Waals surface area contributed by atoms with E-state index in [-0.39, 0.29) is 30.1 Å². The Bertz CT molecular complexity index is 711. The van der Waals surface area contributed by atoms with Crippen LogP contribution in [0.2, 0.25) is 5.02 Å². The molecule has 1 aliphatic carbocycles. The highest BCUT2D eigenvalue weighted by atomic mass is 35.5. The lowest BCUT2D eigenvalue weighted by atomic mass is 9.87. The molecule has 1 heterocycles. The van der Waals surface area contributed by atoms with E-state index in [4.69, 9.17) is 11.6 Å². The highest BCUT2D eigenvalue weighted by Crippen LogP contribution is 2.36. The summed E-state index contributed by atoms with van der Waals surface area (Å²) in [6.45, 7) is 0. The first-order chi connectivity index (χ1) is 12.2. The van der Waals surface area contributed by atoms with Crippen LogP contribution in [0.4, 0.5) is 18.9 Å². The molecule has 142 valence electrons. The molecule has 5 nitrogen and oxygen atoms in total. The van der Waals surface area contributed by atoms with Crippen molar-refractivity contribution in [1.29, 1.82) is 0 Å². The molecule has 2 aliphatic rings. The largest absolute Gasteiger partial charge is 0.417 e. The molecule has 2 amide bonds. The molecule has 0 spiro atoms. The number of anilines is 1. The van der Waals surface area contributed by atoms with E-state index in [9.17, 15) is 22.8 Å². The Morgan fingerprint density at radius 1 is 1.31 bits per heavy atom. The van der Waals surface area contributed by atoms with Gasteiger partial charge < -0.3 is 16.0 Å². The lowest BCUT2D eigenvalue weighted by Crippen LogP contribution is -3.03. The van der Waals surface area contributed by atoms with E-state index in [1.807, 2.05) is 5.32 Å². The van der Waals surface area contributed by atoms with Crippen molar-refractivity contribution in [1.82, 2.24) is 5.32 Å². The number of alkyl halides is 3. The first-order valence-electron chi connectivity index (χ1n) is 8.56. The fourth-order valence-corrected chi connectivity index (χ4v) is 3.86. The molecule has 0 radical (unpaired) electrons. The number of hydrogen-bond donors (Lipinski definition) is 3. The predicted molar refractivity (Wildman–Crippen MR) is 89.6 cm³/mol. The molecular formula is C17H20ClF3N3O2+. The highest BCUT2D eigenvalue weighted by Gasteiger charge is 2.40. The number of fused-ring (bicyclic) bond motifs is 1. The number of amides is 2. The number of nitrogens with two attached hydrogens (primary N) is 1. The van der Waals surface area contributed by atoms with Crippen molar-refractivity contribution in [3.8, 4) is 0 Å². The number of nitrogens with one attached hydrogen (secondary N) is 2. The van der Waals surface area contributed by atoms with Crippen molar-refractivity contribution in [2.45, 2.75) is 56.4 Å². The molecule has 3 rings (SSSR count). The number of piperazine rings is 1. The summed E-state index contributed by atoms with van der Waals surface area (Å²) in [5, 5.41) is 6.87. The van der Waals surface area contributed by atoms with Crippen LogP contribution in [-0.4, -0.2) is 29.9 Å². The molecule has 0 bridgehead atoms. The standard InChI is InChI=1S/C17H19ClF3N3O2/c18-11-6-5-9(7-10(11)17(19,20)21)22-15(25)8-14-16(26)24-13-4-2-1-3-12(13)23-14/h5-7,12-14,23H,1-4,8H2,(H,22,25)(H,24,26)/p+1/t12-,13+,14+/m1/s1. The summed E-state index contributed by atoms with van der Waals surface area (Å²) < 4.78 is 38.7. The van der Waals surface area contributed by atoms with Crippen LogP contribution >= 0.6 is 11.6 Å². The van der Waals surface area contributed by atoms with Gasteiger partial charge in [0.15, 0.2) is 6.04 Å². The van der Waals surface area contributed by atoms with Gasteiger partial charge in [-0.25, -0.2) is 0 Å². The van der Waals surface area contributed by atoms with Crippen molar-refractivity contribution in [2.75, 3.05) is 5.32 Å². The fraction of sp³-hybridized carbons (Fsp3) is 0.529. The molecule has 9 heteroatoms. The van der Waals surface area contributed by atoms with Crippen LogP contribution in [0.5, 0.6) is 0 Å². The van der Waals surface area contributed by atoms with Crippen LogP contribution in [-0.2, 0) is 15.8 Å². The molecule has 0 aromatic heterocycles. The van der Waals surface area contributed by atoms with Gasteiger partial charge in [0.25, 0.3) is 5.91 Å². The number of hydrogen-bond acceptors (Lipinski definition) is 2. The molecule has 4 N–H and O–H groups in total. The summed E-state index contributed by atoms with van der Waals surface area (Å²) in [7, 11) is 0. The maximum atomic E-state index is 12.9.